The molecule has 0 aromatic carbocycles. The molecule has 0 spiro atoms. The monoisotopic (exact) mass is 259 g/mol. The van der Waals surface area contributed by atoms with Crippen molar-refractivity contribution in [2.75, 3.05) is 38.1 Å². The Kier molecular flexibility index (Phi) is 3.16. The van der Waals surface area contributed by atoms with E-state index < -0.39 is 0 Å². The van der Waals surface area contributed by atoms with E-state index in [4.69, 9.17) is 0 Å². The van der Waals surface area contributed by atoms with Gasteiger partial charge in [-0.15, -0.1) is 0 Å². The molecule has 3 rings (SSSR count). The number of likely N-dealkylation sites (N-methyl/N-ethyl adjacent to an activating group) is 1. The predicted octanol–water partition coefficient (Wildman–Crippen LogP) is 0.684. The minimum Gasteiger partial charge on any atom is -0.355 e. The first-order valence-electron chi connectivity index (χ1n) is 6.51. The minimum absolute atomic E-state index is 0.536. The summed E-state index contributed by atoms with van der Waals surface area (Å²) in [7, 11) is 2.14. The SMILES string of the molecule is CN1CCCN(c2ccn3ncc(C=O)c3n2)CC1. The fourth-order valence-corrected chi connectivity index (χ4v) is 2.41. The second kappa shape index (κ2) is 4.97. The number of fused-ring (bicyclic) bond motifs is 1. The van der Waals surface area contributed by atoms with Gasteiger partial charge in [-0.2, -0.15) is 5.10 Å². The molecule has 0 bridgehead atoms. The van der Waals surface area contributed by atoms with Gasteiger partial charge in [-0.1, -0.05) is 0 Å². The Morgan fingerprint density at radius 1 is 1.26 bits per heavy atom. The molecule has 0 atom stereocenters. The van der Waals surface area contributed by atoms with E-state index in [2.05, 4.69) is 26.9 Å². The van der Waals surface area contributed by atoms with Gasteiger partial charge in [0, 0.05) is 25.8 Å². The van der Waals surface area contributed by atoms with Crippen LogP contribution in [-0.4, -0.2) is 59.0 Å². The molecule has 0 amide bonds. The van der Waals surface area contributed by atoms with Crippen molar-refractivity contribution in [3.8, 4) is 0 Å². The van der Waals surface area contributed by atoms with Gasteiger partial charge in [0.05, 0.1) is 11.8 Å². The van der Waals surface area contributed by atoms with Crippen LogP contribution in [0.1, 0.15) is 16.8 Å². The molecule has 19 heavy (non-hydrogen) atoms. The third-order valence-electron chi connectivity index (χ3n) is 3.55. The number of hydrogen-bond acceptors (Lipinski definition) is 5. The van der Waals surface area contributed by atoms with E-state index in [1.165, 1.54) is 0 Å². The molecular formula is C13H17N5O. The summed E-state index contributed by atoms with van der Waals surface area (Å²) < 4.78 is 1.64. The summed E-state index contributed by atoms with van der Waals surface area (Å²) in [6.45, 7) is 4.11. The topological polar surface area (TPSA) is 53.7 Å². The van der Waals surface area contributed by atoms with Gasteiger partial charge in [0.15, 0.2) is 11.9 Å². The summed E-state index contributed by atoms with van der Waals surface area (Å²) in [5.74, 6) is 0.923. The molecule has 1 fully saturated rings. The Balaban J connectivity index is 1.93. The van der Waals surface area contributed by atoms with Gasteiger partial charge in [0.1, 0.15) is 5.82 Å². The molecule has 2 aromatic heterocycles. The highest BCUT2D eigenvalue weighted by Crippen LogP contribution is 2.16. The molecule has 6 nitrogen and oxygen atoms in total. The zero-order valence-electron chi connectivity index (χ0n) is 11.0. The molecule has 0 N–H and O–H groups in total. The number of carbonyl (C=O) groups excluding carboxylic acids is 1. The lowest BCUT2D eigenvalue weighted by molar-refractivity contribution is 0.112. The van der Waals surface area contributed by atoms with E-state index in [1.54, 1.807) is 10.7 Å². The molecule has 0 saturated carbocycles. The first-order valence-corrected chi connectivity index (χ1v) is 6.51. The fraction of sp³-hybridized carbons (Fsp3) is 0.462. The number of aromatic nitrogens is 3. The number of aldehydes is 1. The molecule has 6 heteroatoms. The van der Waals surface area contributed by atoms with Crippen molar-refractivity contribution in [1.82, 2.24) is 19.5 Å². The van der Waals surface area contributed by atoms with Gasteiger partial charge in [-0.3, -0.25) is 4.79 Å². The van der Waals surface area contributed by atoms with Crippen LogP contribution in [0.2, 0.25) is 0 Å². The molecule has 100 valence electrons. The maximum atomic E-state index is 11.0. The normalized spacial score (nSPS) is 17.6. The van der Waals surface area contributed by atoms with Crippen molar-refractivity contribution in [2.45, 2.75) is 6.42 Å². The Hall–Kier alpha value is -1.95. The molecule has 0 radical (unpaired) electrons. The van der Waals surface area contributed by atoms with Crippen LogP contribution in [0.15, 0.2) is 18.5 Å². The second-order valence-electron chi connectivity index (χ2n) is 4.92. The zero-order chi connectivity index (χ0) is 13.2. The molecule has 3 heterocycles. The molecule has 1 aliphatic heterocycles. The van der Waals surface area contributed by atoms with Gasteiger partial charge in [0.25, 0.3) is 0 Å². The fourth-order valence-electron chi connectivity index (χ4n) is 2.41. The number of carbonyl (C=O) groups is 1. The summed E-state index contributed by atoms with van der Waals surface area (Å²) in [5, 5.41) is 4.10. The van der Waals surface area contributed by atoms with Crippen molar-refractivity contribution in [1.29, 1.82) is 0 Å². The summed E-state index contributed by atoms with van der Waals surface area (Å²) in [5.41, 5.74) is 1.17. The predicted molar refractivity (Wildman–Crippen MR) is 72.7 cm³/mol. The van der Waals surface area contributed by atoms with E-state index in [9.17, 15) is 4.79 Å². The van der Waals surface area contributed by atoms with Gasteiger partial charge in [-0.05, 0) is 26.1 Å². The Bertz CT molecular complexity index is 594. The first kappa shape index (κ1) is 12.1. The first-order chi connectivity index (χ1) is 9.28. The van der Waals surface area contributed by atoms with Crippen molar-refractivity contribution in [3.05, 3.63) is 24.0 Å². The molecule has 0 unspecified atom stereocenters. The summed E-state index contributed by atoms with van der Waals surface area (Å²) in [4.78, 5) is 20.1. The smallest absolute Gasteiger partial charge is 0.167 e. The Morgan fingerprint density at radius 3 is 3.00 bits per heavy atom. The van der Waals surface area contributed by atoms with Gasteiger partial charge in [0.2, 0.25) is 0 Å². The van der Waals surface area contributed by atoms with E-state index in [1.807, 2.05) is 12.3 Å². The van der Waals surface area contributed by atoms with Crippen LogP contribution in [-0.2, 0) is 0 Å². The van der Waals surface area contributed by atoms with Crippen LogP contribution in [0.25, 0.3) is 5.65 Å². The number of rotatable bonds is 2. The summed E-state index contributed by atoms with van der Waals surface area (Å²) in [6.07, 6.45) is 5.34. The van der Waals surface area contributed by atoms with Gasteiger partial charge < -0.3 is 9.80 Å². The van der Waals surface area contributed by atoms with Crippen molar-refractivity contribution >= 4 is 17.8 Å². The summed E-state index contributed by atoms with van der Waals surface area (Å²) in [6, 6.07) is 1.96. The quantitative estimate of drug-likeness (QED) is 0.742. The summed E-state index contributed by atoms with van der Waals surface area (Å²) >= 11 is 0. The highest BCUT2D eigenvalue weighted by Gasteiger charge is 2.15. The van der Waals surface area contributed by atoms with E-state index in [0.717, 1.165) is 44.7 Å². The zero-order valence-corrected chi connectivity index (χ0v) is 11.0. The van der Waals surface area contributed by atoms with Crippen LogP contribution in [0.5, 0.6) is 0 Å². The lowest BCUT2D eigenvalue weighted by atomic mass is 10.3. The van der Waals surface area contributed by atoms with Crippen molar-refractivity contribution in [3.63, 3.8) is 0 Å². The largest absolute Gasteiger partial charge is 0.355 e. The lowest BCUT2D eigenvalue weighted by Gasteiger charge is -2.21. The van der Waals surface area contributed by atoms with Gasteiger partial charge in [-0.25, -0.2) is 9.50 Å². The minimum atomic E-state index is 0.536. The van der Waals surface area contributed by atoms with E-state index in [0.29, 0.717) is 11.2 Å². The van der Waals surface area contributed by atoms with Gasteiger partial charge >= 0.3 is 0 Å². The highest BCUT2D eigenvalue weighted by atomic mass is 16.1. The maximum Gasteiger partial charge on any atom is 0.167 e. The van der Waals surface area contributed by atoms with E-state index in [-0.39, 0.29) is 0 Å². The Labute approximate surface area is 111 Å². The van der Waals surface area contributed by atoms with Crippen LogP contribution in [0, 0.1) is 0 Å². The second-order valence-corrected chi connectivity index (χ2v) is 4.92. The molecule has 1 saturated heterocycles. The van der Waals surface area contributed by atoms with Crippen molar-refractivity contribution < 1.29 is 4.79 Å². The average molecular weight is 259 g/mol. The van der Waals surface area contributed by atoms with Crippen LogP contribution < -0.4 is 4.90 Å². The third kappa shape index (κ3) is 2.31. The van der Waals surface area contributed by atoms with Crippen LogP contribution in [0.4, 0.5) is 5.82 Å². The molecule has 1 aliphatic rings. The van der Waals surface area contributed by atoms with Crippen LogP contribution >= 0.6 is 0 Å². The van der Waals surface area contributed by atoms with E-state index >= 15 is 0 Å². The number of anilines is 1. The third-order valence-corrected chi connectivity index (χ3v) is 3.55. The maximum absolute atomic E-state index is 11.0. The molecular weight excluding hydrogens is 242 g/mol. The standard InChI is InChI=1S/C13H17N5O/c1-16-4-2-5-17(8-7-16)12-3-6-18-13(15-12)11(10-19)9-14-18/h3,6,9-10H,2,4-5,7-8H2,1H3. The molecule has 2 aromatic rings. The number of nitrogens with zero attached hydrogens (tertiary/aromatic N) is 5. The highest BCUT2D eigenvalue weighted by molar-refractivity contribution is 5.84. The van der Waals surface area contributed by atoms with Crippen molar-refractivity contribution in [2.24, 2.45) is 0 Å². The average Bonchev–Trinajstić information content (AvgIpc) is 2.72. The molecule has 0 aliphatic carbocycles. The number of hydrogen-bond donors (Lipinski definition) is 0. The van der Waals surface area contributed by atoms with Crippen LogP contribution in [0.3, 0.4) is 0 Å². The lowest BCUT2D eigenvalue weighted by Crippen LogP contribution is -2.29. The Morgan fingerprint density at radius 2 is 2.16 bits per heavy atom.